The van der Waals surface area contributed by atoms with Crippen LogP contribution in [0.25, 0.3) is 0 Å². The number of hydroxylamine groups is 1. The Morgan fingerprint density at radius 3 is 1.75 bits per heavy atom. The van der Waals surface area contributed by atoms with E-state index >= 15 is 0 Å². The number of nitrogens with one attached hydrogen (secondary N) is 1. The first-order chi connectivity index (χ1) is 8.81. The van der Waals surface area contributed by atoms with Crippen LogP contribution in [0.2, 0.25) is 0 Å². The quantitative estimate of drug-likeness (QED) is 0.258. The van der Waals surface area contributed by atoms with Crippen LogP contribution in [0, 0.1) is 0 Å². The van der Waals surface area contributed by atoms with Gasteiger partial charge in [0.05, 0.1) is 0 Å². The van der Waals surface area contributed by atoms with Crippen LogP contribution in [-0.4, -0.2) is 12.5 Å². The monoisotopic (exact) mass is 305 g/mol. The molecule has 0 atom stereocenters. The van der Waals surface area contributed by atoms with Crippen LogP contribution in [0.5, 0.6) is 0 Å². The van der Waals surface area contributed by atoms with Crippen molar-refractivity contribution < 1.29 is 71.6 Å². The van der Waals surface area contributed by atoms with E-state index in [1.54, 1.807) is 6.92 Å². The Morgan fingerprint density at radius 2 is 1.30 bits per heavy atom. The molecule has 0 saturated carbocycles. The van der Waals surface area contributed by atoms with Gasteiger partial charge in [0.1, 0.15) is 0 Å². The molecule has 0 rings (SSSR count). The summed E-state index contributed by atoms with van der Waals surface area (Å²) in [5.41, 5.74) is 2.71. The molecule has 0 saturated heterocycles. The smallest absolute Gasteiger partial charge is 1.00 e. The predicted molar refractivity (Wildman–Crippen MR) is 78.5 cm³/mol. The molecular formula is C15H33NNa2O2. The Bertz CT molecular complexity index is 202. The fourth-order valence-corrected chi connectivity index (χ4v) is 1.89. The molecule has 1 N–H and O–H groups in total. The molecule has 112 valence electrons. The standard InChI is InChI=1S/C15H31NO2.2Na.2H/c1-3-5-6-7-8-9-10-11-12-13-14-16-18-15(17)4-2;;;;/h16H,3-14H2,1-2H3;;;;/q;2*+1;2*-1. The molecule has 0 aromatic rings. The molecule has 0 aromatic heterocycles. The summed E-state index contributed by atoms with van der Waals surface area (Å²) in [7, 11) is 0. The summed E-state index contributed by atoms with van der Waals surface area (Å²) in [4.78, 5) is 15.6. The molecule has 3 nitrogen and oxygen atoms in total. The number of rotatable bonds is 13. The van der Waals surface area contributed by atoms with Gasteiger partial charge in [0.2, 0.25) is 0 Å². The summed E-state index contributed by atoms with van der Waals surface area (Å²) < 4.78 is 0. The van der Waals surface area contributed by atoms with E-state index in [1.807, 2.05) is 0 Å². The van der Waals surface area contributed by atoms with E-state index in [9.17, 15) is 4.79 Å². The second-order valence-corrected chi connectivity index (χ2v) is 4.90. The van der Waals surface area contributed by atoms with Gasteiger partial charge in [-0.25, -0.2) is 0 Å². The second-order valence-electron chi connectivity index (χ2n) is 4.90. The second kappa shape index (κ2) is 22.7. The summed E-state index contributed by atoms with van der Waals surface area (Å²) in [5, 5.41) is 0. The van der Waals surface area contributed by atoms with Gasteiger partial charge in [-0.1, -0.05) is 71.6 Å². The Labute approximate surface area is 172 Å². The maximum absolute atomic E-state index is 10.8. The zero-order chi connectivity index (χ0) is 13.5. The van der Waals surface area contributed by atoms with Crippen molar-refractivity contribution in [1.82, 2.24) is 5.48 Å². The molecule has 0 spiro atoms. The maximum Gasteiger partial charge on any atom is 1.00 e. The first kappa shape index (κ1) is 26.3. The molecule has 0 aromatic carbocycles. The summed E-state index contributed by atoms with van der Waals surface area (Å²) >= 11 is 0. The number of hydrogen-bond donors (Lipinski definition) is 1. The van der Waals surface area contributed by atoms with Crippen LogP contribution in [0.4, 0.5) is 0 Å². The van der Waals surface area contributed by atoms with E-state index in [-0.39, 0.29) is 67.9 Å². The average molecular weight is 305 g/mol. The zero-order valence-electron chi connectivity index (χ0n) is 16.3. The van der Waals surface area contributed by atoms with Gasteiger partial charge in [0.15, 0.2) is 0 Å². The van der Waals surface area contributed by atoms with Crippen LogP contribution < -0.4 is 64.6 Å². The number of carbonyl (C=O) groups is 1. The predicted octanol–water partition coefficient (Wildman–Crippen LogP) is -1.40. The minimum Gasteiger partial charge on any atom is -1.00 e. The zero-order valence-corrected chi connectivity index (χ0v) is 18.3. The minimum atomic E-state index is -0.179. The van der Waals surface area contributed by atoms with Gasteiger partial charge in [0.25, 0.3) is 0 Å². The molecule has 0 radical (unpaired) electrons. The first-order valence-electron chi connectivity index (χ1n) is 7.73. The van der Waals surface area contributed by atoms with Crippen LogP contribution in [0.3, 0.4) is 0 Å². The normalized spacial score (nSPS) is 9.50. The Morgan fingerprint density at radius 1 is 0.850 bits per heavy atom. The summed E-state index contributed by atoms with van der Waals surface area (Å²) in [5.74, 6) is -0.179. The average Bonchev–Trinajstić information content (AvgIpc) is 2.39. The van der Waals surface area contributed by atoms with Gasteiger partial charge in [0, 0.05) is 13.0 Å². The van der Waals surface area contributed by atoms with Gasteiger partial charge in [-0.3, -0.25) is 4.79 Å². The Balaban J connectivity index is -0.000000241. The van der Waals surface area contributed by atoms with E-state index in [2.05, 4.69) is 12.4 Å². The van der Waals surface area contributed by atoms with Crippen molar-refractivity contribution >= 4 is 5.97 Å². The molecule has 5 heteroatoms. The molecule has 0 aliphatic rings. The van der Waals surface area contributed by atoms with Gasteiger partial charge in [-0.15, -0.1) is 0 Å². The first-order valence-corrected chi connectivity index (χ1v) is 7.73. The van der Waals surface area contributed by atoms with E-state index in [4.69, 9.17) is 4.84 Å². The largest absolute Gasteiger partial charge is 1.00 e. The number of unbranched alkanes of at least 4 members (excludes halogenated alkanes) is 9. The van der Waals surface area contributed by atoms with E-state index in [0.29, 0.717) is 6.42 Å². The Kier molecular flexibility index (Phi) is 29.9. The topological polar surface area (TPSA) is 38.3 Å². The van der Waals surface area contributed by atoms with Crippen molar-refractivity contribution in [1.29, 1.82) is 0 Å². The molecule has 0 heterocycles. The minimum absolute atomic E-state index is 0. The van der Waals surface area contributed by atoms with Crippen LogP contribution in [0.15, 0.2) is 0 Å². The molecule has 0 fully saturated rings. The molecule has 0 unspecified atom stereocenters. The molecule has 20 heavy (non-hydrogen) atoms. The summed E-state index contributed by atoms with van der Waals surface area (Å²) in [6.07, 6.45) is 13.7. The van der Waals surface area contributed by atoms with E-state index in [1.165, 1.54) is 57.8 Å². The molecule has 0 amide bonds. The van der Waals surface area contributed by atoms with Crippen molar-refractivity contribution in [2.45, 2.75) is 84.5 Å². The van der Waals surface area contributed by atoms with Crippen LogP contribution in [0.1, 0.15) is 87.3 Å². The van der Waals surface area contributed by atoms with Crippen molar-refractivity contribution in [3.63, 3.8) is 0 Å². The van der Waals surface area contributed by atoms with Gasteiger partial charge < -0.3 is 7.69 Å². The van der Waals surface area contributed by atoms with E-state index in [0.717, 1.165) is 13.0 Å². The van der Waals surface area contributed by atoms with E-state index < -0.39 is 0 Å². The SMILES string of the molecule is CCCCCCCCCCCCNOC(=O)CC.[H-].[H-].[Na+].[Na+]. The molecule has 0 aliphatic heterocycles. The summed E-state index contributed by atoms with van der Waals surface area (Å²) in [6.45, 7) is 4.83. The Hall–Kier alpha value is 1.43. The van der Waals surface area contributed by atoms with Gasteiger partial charge >= 0.3 is 65.1 Å². The van der Waals surface area contributed by atoms with Gasteiger partial charge in [-0.05, 0) is 6.42 Å². The fraction of sp³-hybridized carbons (Fsp3) is 0.933. The van der Waals surface area contributed by atoms with Crippen molar-refractivity contribution in [2.75, 3.05) is 6.54 Å². The fourth-order valence-electron chi connectivity index (χ4n) is 1.89. The molecule has 0 aliphatic carbocycles. The molecular weight excluding hydrogens is 272 g/mol. The maximum atomic E-state index is 10.8. The van der Waals surface area contributed by atoms with Gasteiger partial charge in [-0.2, -0.15) is 5.48 Å². The van der Waals surface area contributed by atoms with Crippen molar-refractivity contribution in [3.8, 4) is 0 Å². The third-order valence-corrected chi connectivity index (χ3v) is 3.11. The number of carbonyl (C=O) groups excluding carboxylic acids is 1. The molecule has 0 bridgehead atoms. The van der Waals surface area contributed by atoms with Crippen LogP contribution in [-0.2, 0) is 9.63 Å². The third-order valence-electron chi connectivity index (χ3n) is 3.11. The van der Waals surface area contributed by atoms with Crippen molar-refractivity contribution in [3.05, 3.63) is 0 Å². The number of hydrogen-bond acceptors (Lipinski definition) is 3. The van der Waals surface area contributed by atoms with Crippen LogP contribution >= 0.6 is 0 Å². The summed E-state index contributed by atoms with van der Waals surface area (Å²) in [6, 6.07) is 0. The third kappa shape index (κ3) is 21.7. The van der Waals surface area contributed by atoms with Crippen molar-refractivity contribution in [2.24, 2.45) is 0 Å².